The Bertz CT molecular complexity index is 735. The quantitative estimate of drug-likeness (QED) is 0.923. The van der Waals surface area contributed by atoms with Crippen molar-refractivity contribution in [1.29, 1.82) is 0 Å². The van der Waals surface area contributed by atoms with Crippen molar-refractivity contribution in [2.75, 3.05) is 37.7 Å². The van der Waals surface area contributed by atoms with E-state index in [0.29, 0.717) is 18.7 Å². The van der Waals surface area contributed by atoms with Gasteiger partial charge in [0.05, 0.1) is 30.9 Å². The molecule has 6 heteroatoms. The molecule has 2 aromatic rings. The third kappa shape index (κ3) is 3.23. The molecule has 0 bridgehead atoms. The van der Waals surface area contributed by atoms with Crippen LogP contribution in [0.5, 0.6) is 0 Å². The Kier molecular flexibility index (Phi) is 4.38. The second-order valence-electron chi connectivity index (χ2n) is 6.51. The van der Waals surface area contributed by atoms with Gasteiger partial charge in [0.15, 0.2) is 0 Å². The van der Waals surface area contributed by atoms with Gasteiger partial charge < -0.3 is 14.7 Å². The molecule has 2 fully saturated rings. The first-order valence-electron chi connectivity index (χ1n) is 8.55. The van der Waals surface area contributed by atoms with Crippen molar-refractivity contribution >= 4 is 11.8 Å². The number of hydrogen-bond acceptors (Lipinski definition) is 5. The Balaban J connectivity index is 1.49. The highest BCUT2D eigenvalue weighted by molar-refractivity contribution is 5.87. The number of piperazine rings is 1. The molecule has 1 N–H and O–H groups in total. The number of hydrogen-bond donors (Lipinski definition) is 1. The van der Waals surface area contributed by atoms with Crippen molar-refractivity contribution in [1.82, 2.24) is 9.88 Å². The number of fused-ring (bicyclic) bond motifs is 1. The second-order valence-corrected chi connectivity index (χ2v) is 6.51. The third-order valence-corrected chi connectivity index (χ3v) is 5.02. The first-order chi connectivity index (χ1) is 12.2. The molecule has 2 atom stereocenters. The van der Waals surface area contributed by atoms with Crippen LogP contribution in [0.15, 0.2) is 48.7 Å². The summed E-state index contributed by atoms with van der Waals surface area (Å²) in [6, 6.07) is 14.5. The molecule has 2 aliphatic rings. The molecule has 1 aromatic heterocycles. The first kappa shape index (κ1) is 16.1. The lowest BCUT2D eigenvalue weighted by Gasteiger charge is -2.48. The molecule has 0 aliphatic carbocycles. The fourth-order valence-corrected chi connectivity index (χ4v) is 3.71. The number of aromatic nitrogens is 1. The normalized spacial score (nSPS) is 23.9. The van der Waals surface area contributed by atoms with Crippen LogP contribution < -0.4 is 4.90 Å². The molecule has 4 rings (SSSR count). The summed E-state index contributed by atoms with van der Waals surface area (Å²) in [6.45, 7) is 4.09. The summed E-state index contributed by atoms with van der Waals surface area (Å²) in [7, 11) is 0. The number of carbonyl (C=O) groups is 1. The molecule has 2 aliphatic heterocycles. The van der Waals surface area contributed by atoms with Crippen LogP contribution in [0.4, 0.5) is 5.82 Å². The van der Waals surface area contributed by atoms with E-state index in [1.165, 1.54) is 11.8 Å². The van der Waals surface area contributed by atoms with Gasteiger partial charge in [0.25, 0.3) is 0 Å². The van der Waals surface area contributed by atoms with Gasteiger partial charge in [-0.25, -0.2) is 9.78 Å². The number of rotatable bonds is 3. The standard InChI is InChI=1S/C19H21N3O3/c23-19(24)15-6-7-18(20-10-15)21-8-9-22-16(11-21)12-25-13-17(22)14-4-2-1-3-5-14/h1-7,10,16-17H,8-9,11-13H2,(H,23,24)/t16-,17-/m1/s1. The molecule has 3 heterocycles. The summed E-state index contributed by atoms with van der Waals surface area (Å²) in [5.41, 5.74) is 1.51. The van der Waals surface area contributed by atoms with E-state index < -0.39 is 5.97 Å². The molecule has 0 saturated carbocycles. The van der Waals surface area contributed by atoms with Crippen LogP contribution in [0.1, 0.15) is 22.0 Å². The van der Waals surface area contributed by atoms with E-state index in [2.05, 4.69) is 39.0 Å². The summed E-state index contributed by atoms with van der Waals surface area (Å²) >= 11 is 0. The Hall–Kier alpha value is -2.44. The van der Waals surface area contributed by atoms with E-state index in [9.17, 15) is 4.79 Å². The summed E-state index contributed by atoms with van der Waals surface area (Å²) in [4.78, 5) is 20.0. The zero-order valence-electron chi connectivity index (χ0n) is 13.9. The molecule has 130 valence electrons. The van der Waals surface area contributed by atoms with E-state index in [1.807, 2.05) is 6.07 Å². The number of morpholine rings is 1. The number of carboxylic acids is 1. The molecular weight excluding hydrogens is 318 g/mol. The first-order valence-corrected chi connectivity index (χ1v) is 8.55. The van der Waals surface area contributed by atoms with Crippen LogP contribution in [-0.2, 0) is 4.74 Å². The average molecular weight is 339 g/mol. The van der Waals surface area contributed by atoms with E-state index in [-0.39, 0.29) is 5.56 Å². The molecule has 2 saturated heterocycles. The van der Waals surface area contributed by atoms with Crippen molar-refractivity contribution in [2.24, 2.45) is 0 Å². The number of ether oxygens (including phenoxy) is 1. The maximum atomic E-state index is 11.0. The molecule has 0 unspecified atom stereocenters. The summed E-state index contributed by atoms with van der Waals surface area (Å²) in [6.07, 6.45) is 1.42. The van der Waals surface area contributed by atoms with E-state index in [1.54, 1.807) is 12.1 Å². The van der Waals surface area contributed by atoms with Crippen molar-refractivity contribution in [2.45, 2.75) is 12.1 Å². The van der Waals surface area contributed by atoms with Gasteiger partial charge in [-0.3, -0.25) is 4.90 Å². The maximum absolute atomic E-state index is 11.0. The van der Waals surface area contributed by atoms with Gasteiger partial charge in [0.2, 0.25) is 0 Å². The van der Waals surface area contributed by atoms with Crippen LogP contribution in [0.2, 0.25) is 0 Å². The van der Waals surface area contributed by atoms with Crippen LogP contribution >= 0.6 is 0 Å². The van der Waals surface area contributed by atoms with E-state index >= 15 is 0 Å². The lowest BCUT2D eigenvalue weighted by molar-refractivity contribution is -0.0548. The highest BCUT2D eigenvalue weighted by Crippen LogP contribution is 2.30. The number of carboxylic acid groups (broad SMARTS) is 1. The van der Waals surface area contributed by atoms with Crippen molar-refractivity contribution in [3.63, 3.8) is 0 Å². The lowest BCUT2D eigenvalue weighted by Crippen LogP contribution is -2.59. The molecule has 6 nitrogen and oxygen atoms in total. The SMILES string of the molecule is O=C(O)c1ccc(N2CCN3[C@@H](COC[C@@H]3c3ccccc3)C2)nc1. The number of pyridine rings is 1. The van der Waals surface area contributed by atoms with Gasteiger partial charge in [0.1, 0.15) is 5.82 Å². The van der Waals surface area contributed by atoms with Crippen LogP contribution in [0.3, 0.4) is 0 Å². The zero-order chi connectivity index (χ0) is 17.2. The Labute approximate surface area is 146 Å². The smallest absolute Gasteiger partial charge is 0.337 e. The average Bonchev–Trinajstić information content (AvgIpc) is 2.68. The predicted molar refractivity (Wildman–Crippen MR) is 93.9 cm³/mol. The number of nitrogens with zero attached hydrogens (tertiary/aromatic N) is 3. The molecular formula is C19H21N3O3. The topological polar surface area (TPSA) is 65.9 Å². The Morgan fingerprint density at radius 3 is 2.68 bits per heavy atom. The molecule has 1 aromatic carbocycles. The van der Waals surface area contributed by atoms with Crippen molar-refractivity contribution < 1.29 is 14.6 Å². The number of aromatic carboxylic acids is 1. The van der Waals surface area contributed by atoms with Gasteiger partial charge in [-0.05, 0) is 17.7 Å². The van der Waals surface area contributed by atoms with E-state index in [0.717, 1.165) is 32.1 Å². The van der Waals surface area contributed by atoms with Gasteiger partial charge in [-0.15, -0.1) is 0 Å². The Morgan fingerprint density at radius 1 is 1.12 bits per heavy atom. The van der Waals surface area contributed by atoms with Gasteiger partial charge in [0, 0.05) is 25.8 Å². The highest BCUT2D eigenvalue weighted by Gasteiger charge is 2.36. The van der Waals surface area contributed by atoms with Crippen LogP contribution in [0.25, 0.3) is 0 Å². The minimum Gasteiger partial charge on any atom is -0.478 e. The van der Waals surface area contributed by atoms with Gasteiger partial charge in [-0.1, -0.05) is 30.3 Å². The number of benzene rings is 1. The maximum Gasteiger partial charge on any atom is 0.337 e. The summed E-state index contributed by atoms with van der Waals surface area (Å²) in [5, 5.41) is 9.00. The largest absolute Gasteiger partial charge is 0.478 e. The molecule has 25 heavy (non-hydrogen) atoms. The fraction of sp³-hybridized carbons (Fsp3) is 0.368. The second kappa shape index (κ2) is 6.82. The van der Waals surface area contributed by atoms with Gasteiger partial charge in [-0.2, -0.15) is 0 Å². The minimum atomic E-state index is -0.949. The summed E-state index contributed by atoms with van der Waals surface area (Å²) in [5.74, 6) is -0.123. The molecule has 0 amide bonds. The fourth-order valence-electron chi connectivity index (χ4n) is 3.71. The Morgan fingerprint density at radius 2 is 1.96 bits per heavy atom. The third-order valence-electron chi connectivity index (χ3n) is 5.02. The minimum absolute atomic E-state index is 0.215. The van der Waals surface area contributed by atoms with Crippen LogP contribution in [-0.4, -0.2) is 59.8 Å². The van der Waals surface area contributed by atoms with Crippen LogP contribution in [0, 0.1) is 0 Å². The van der Waals surface area contributed by atoms with Gasteiger partial charge >= 0.3 is 5.97 Å². The molecule has 0 radical (unpaired) electrons. The van der Waals surface area contributed by atoms with Crippen molar-refractivity contribution in [3.8, 4) is 0 Å². The zero-order valence-corrected chi connectivity index (χ0v) is 13.9. The van der Waals surface area contributed by atoms with Crippen molar-refractivity contribution in [3.05, 3.63) is 59.8 Å². The highest BCUT2D eigenvalue weighted by atomic mass is 16.5. The summed E-state index contributed by atoms with van der Waals surface area (Å²) < 4.78 is 5.87. The monoisotopic (exact) mass is 339 g/mol. The predicted octanol–water partition coefficient (Wildman–Crippen LogP) is 2.04. The number of anilines is 1. The molecule has 0 spiro atoms. The van der Waals surface area contributed by atoms with E-state index in [4.69, 9.17) is 9.84 Å². The lowest BCUT2D eigenvalue weighted by atomic mass is 10.00.